The highest BCUT2D eigenvalue weighted by atomic mass is 36.0. The number of nitriles is 1. The van der Waals surface area contributed by atoms with Crippen molar-refractivity contribution in [2.75, 3.05) is 38.7 Å². The number of rotatable bonds is 14. The Bertz CT molecular complexity index is 3560. The van der Waals surface area contributed by atoms with Crippen LogP contribution >= 0.6 is 75.6 Å². The quantitative estimate of drug-likeness (QED) is 0.0394. The Morgan fingerprint density at radius 1 is 0.827 bits per heavy atom. The Hall–Kier alpha value is -7.06. The second kappa shape index (κ2) is 34.9. The molecule has 81 heavy (non-hydrogen) atoms. The van der Waals surface area contributed by atoms with Gasteiger partial charge < -0.3 is 29.8 Å². The fourth-order valence-corrected chi connectivity index (χ4v) is 7.30. The van der Waals surface area contributed by atoms with Crippen LogP contribution in [0.2, 0.25) is 10.2 Å². The lowest BCUT2D eigenvalue weighted by molar-refractivity contribution is -0.132. The van der Waals surface area contributed by atoms with E-state index in [2.05, 4.69) is 73.9 Å². The molecule has 8 rings (SSSR count). The molecule has 0 spiro atoms. The van der Waals surface area contributed by atoms with Gasteiger partial charge in [0.25, 0.3) is 5.56 Å². The topological polar surface area (TPSA) is 288 Å². The number of nitrogens with one attached hydrogen (secondary N) is 2. The lowest BCUT2D eigenvalue weighted by Gasteiger charge is -2.28. The number of hydrogen-bond acceptors (Lipinski definition) is 17. The molecule has 0 radical (unpaired) electrons. The van der Waals surface area contributed by atoms with E-state index < -0.39 is 29.0 Å². The molecular formula is C53H54Cl5FN11O9PS. The van der Waals surface area contributed by atoms with Crippen molar-refractivity contribution in [1.82, 2.24) is 39.8 Å². The summed E-state index contributed by atoms with van der Waals surface area (Å²) in [6.45, 7) is 6.36. The molecule has 1 aromatic carbocycles. The number of ether oxygens (including phenoxy) is 3. The number of aromatic nitrogens is 7. The predicted molar refractivity (Wildman–Crippen MR) is 317 cm³/mol. The highest BCUT2D eigenvalue weighted by Gasteiger charge is 2.22. The molecule has 28 heteroatoms. The van der Waals surface area contributed by atoms with Crippen molar-refractivity contribution >= 4 is 138 Å². The van der Waals surface area contributed by atoms with Gasteiger partial charge in [0.1, 0.15) is 35.2 Å². The highest BCUT2D eigenvalue weighted by Crippen LogP contribution is 2.61. The van der Waals surface area contributed by atoms with Crippen LogP contribution in [0, 0.1) is 24.1 Å². The molecule has 0 unspecified atom stereocenters. The van der Waals surface area contributed by atoms with Gasteiger partial charge in [-0.05, 0) is 156 Å². The molecule has 2 amide bonds. The standard InChI is InChI=1S/C24H27ClFN5O3.C11H9ClN2O2.C11H10N2O3.C7H6N2.Cl3OP.H2S/c1-31(22(32)8-7-16-4-2-6-20(26)23(16)25)19(5-3-10-27)15-34-24(33)30-21-12-17-9-11-28-13-18(17)14-29-21;1-2-16-11(15)9-5-7-3-4-13-6-8(7)10(12)14-9;1-2-16-11(15)9-5-7-3-4-12-6-8(7)10(14)13-9;1-6-2-3-9-5-7(6)4-8;1-5(2,3)4;/h2,4,6,9,11-14,19H,3,5,7-8,10,15,27H2,1H3,(H,29,30,33);3-6H,2H2,1H3;3-6H,2H2,1H3,(H,13,14);2-3,5H,1H3;;1H2/t19-;;;;;/m0...../s1. The summed E-state index contributed by atoms with van der Waals surface area (Å²) in [5.74, 6) is -1.34. The zero-order chi connectivity index (χ0) is 58.8. The summed E-state index contributed by atoms with van der Waals surface area (Å²) in [6, 6.07) is 18.2. The minimum atomic E-state index is -3.22. The summed E-state index contributed by atoms with van der Waals surface area (Å²) in [4.78, 5) is 87.4. The van der Waals surface area contributed by atoms with E-state index in [9.17, 15) is 32.9 Å². The number of carbonyl (C=O) groups excluding carboxylic acids is 4. The van der Waals surface area contributed by atoms with Crippen LogP contribution in [0.1, 0.15) is 70.8 Å². The van der Waals surface area contributed by atoms with E-state index in [0.717, 1.165) is 27.1 Å². The third-order valence-electron chi connectivity index (χ3n) is 10.9. The number of aromatic amines is 1. The van der Waals surface area contributed by atoms with Crippen molar-refractivity contribution in [3.63, 3.8) is 0 Å². The number of H-pyrrole nitrogens is 1. The predicted octanol–water partition coefficient (Wildman–Crippen LogP) is 11.9. The second-order valence-corrected chi connectivity index (χ2v) is 23.7. The van der Waals surface area contributed by atoms with Gasteiger partial charge in [0.2, 0.25) is 5.91 Å². The molecule has 0 bridgehead atoms. The van der Waals surface area contributed by atoms with Crippen molar-refractivity contribution in [2.24, 2.45) is 5.73 Å². The number of aryl methyl sites for hydroxylation is 2. The first kappa shape index (κ1) is 68.2. The maximum Gasteiger partial charge on any atom is 0.412 e. The molecule has 0 saturated carbocycles. The van der Waals surface area contributed by atoms with Gasteiger partial charge >= 0.3 is 23.2 Å². The lowest BCUT2D eigenvalue weighted by Crippen LogP contribution is -2.41. The van der Waals surface area contributed by atoms with Gasteiger partial charge in [-0.15, -0.1) is 0 Å². The Morgan fingerprint density at radius 2 is 1.43 bits per heavy atom. The van der Waals surface area contributed by atoms with E-state index in [1.807, 2.05) is 25.1 Å². The van der Waals surface area contributed by atoms with Crippen molar-refractivity contribution in [3.05, 3.63) is 171 Å². The molecular weight excluding hydrogens is 1190 g/mol. The molecule has 0 aliphatic rings. The summed E-state index contributed by atoms with van der Waals surface area (Å²) in [7, 11) is 1.65. The molecule has 7 heterocycles. The third-order valence-corrected chi connectivity index (χ3v) is 11.6. The van der Waals surface area contributed by atoms with Gasteiger partial charge in [-0.1, -0.05) is 35.3 Å². The van der Waals surface area contributed by atoms with Crippen LogP contribution in [0.4, 0.5) is 15.0 Å². The minimum absolute atomic E-state index is 0. The van der Waals surface area contributed by atoms with Crippen LogP contribution in [0.5, 0.6) is 0 Å². The number of anilines is 1. The number of carbonyl (C=O) groups is 4. The van der Waals surface area contributed by atoms with E-state index in [4.69, 9.17) is 48.4 Å². The van der Waals surface area contributed by atoms with Crippen LogP contribution in [-0.4, -0.2) is 103 Å². The Morgan fingerprint density at radius 3 is 2.06 bits per heavy atom. The Balaban J connectivity index is 0.000000304. The van der Waals surface area contributed by atoms with E-state index in [-0.39, 0.29) is 72.2 Å². The summed E-state index contributed by atoms with van der Waals surface area (Å²) >= 11 is 25.8. The minimum Gasteiger partial charge on any atom is -0.461 e. The van der Waals surface area contributed by atoms with E-state index in [1.165, 1.54) is 17.2 Å². The summed E-state index contributed by atoms with van der Waals surface area (Å²) < 4.78 is 38.2. The number of esters is 2. The van der Waals surface area contributed by atoms with Crippen LogP contribution in [-0.2, 0) is 30.0 Å². The molecule has 0 saturated heterocycles. The van der Waals surface area contributed by atoms with Crippen molar-refractivity contribution < 1.29 is 42.3 Å². The van der Waals surface area contributed by atoms with Crippen molar-refractivity contribution in [3.8, 4) is 6.07 Å². The van der Waals surface area contributed by atoms with Gasteiger partial charge in [0.05, 0.1) is 35.2 Å². The molecule has 4 N–H and O–H groups in total. The number of nitrogens with two attached hydrogens (primary N) is 1. The number of amides is 2. The van der Waals surface area contributed by atoms with Gasteiger partial charge in [-0.3, -0.25) is 39.4 Å². The smallest absolute Gasteiger partial charge is 0.412 e. The highest BCUT2D eigenvalue weighted by molar-refractivity contribution is 8.24. The zero-order valence-electron chi connectivity index (χ0n) is 43.7. The largest absolute Gasteiger partial charge is 0.461 e. The number of hydrogen-bond donors (Lipinski definition) is 3. The van der Waals surface area contributed by atoms with E-state index in [0.29, 0.717) is 60.1 Å². The SMILES string of the molecule is CCOC(=O)c1cc2ccncc2c(=O)[nH]1.CCOC(=O)c1cc2ccncc2c(Cl)n1.CN(C(=O)CCc1cccc(F)c1Cl)[C@@H](CCCN)COC(=O)Nc1cc2ccncc2cn1.Cc1ccncc1C#N.O=P(Cl)(Cl)Cl.S. The summed E-state index contributed by atoms with van der Waals surface area (Å²) in [6.07, 6.45) is 15.4. The Labute approximate surface area is 496 Å². The zero-order valence-corrected chi connectivity index (χ0v) is 49.4. The van der Waals surface area contributed by atoms with Crippen LogP contribution in [0.3, 0.4) is 0 Å². The van der Waals surface area contributed by atoms with Crippen molar-refractivity contribution in [1.29, 1.82) is 5.26 Å². The van der Waals surface area contributed by atoms with Crippen LogP contribution < -0.4 is 16.6 Å². The molecule has 7 aromatic heterocycles. The number of benzene rings is 1. The number of pyridine rings is 7. The molecule has 0 fully saturated rings. The van der Waals surface area contributed by atoms with Gasteiger partial charge in [-0.2, -0.15) is 18.8 Å². The molecule has 0 aliphatic heterocycles. The Kier molecular flexibility index (Phi) is 29.4. The van der Waals surface area contributed by atoms with E-state index in [1.54, 1.807) is 113 Å². The maximum atomic E-state index is 13.6. The number of nitrogens with zero attached hydrogens (tertiary/aromatic N) is 8. The maximum absolute atomic E-state index is 13.6. The van der Waals surface area contributed by atoms with Crippen molar-refractivity contribution in [2.45, 2.75) is 52.5 Å². The first-order valence-corrected chi connectivity index (χ1v) is 29.1. The average molecular weight is 1250 g/mol. The summed E-state index contributed by atoms with van der Waals surface area (Å²) in [5.41, 5.74) is 7.86. The molecule has 428 valence electrons. The second-order valence-electron chi connectivity index (χ2n) is 16.3. The van der Waals surface area contributed by atoms with Gasteiger partial charge in [0, 0.05) is 80.0 Å². The molecule has 1 atom stereocenters. The van der Waals surface area contributed by atoms with E-state index >= 15 is 0 Å². The third kappa shape index (κ3) is 23.1. The summed E-state index contributed by atoms with van der Waals surface area (Å²) in [5, 5.41) is 12.5. The first-order valence-electron chi connectivity index (χ1n) is 23.9. The van der Waals surface area contributed by atoms with Crippen LogP contribution in [0.15, 0.2) is 121 Å². The normalized spacial score (nSPS) is 10.7. The molecule has 0 aliphatic carbocycles. The monoisotopic (exact) mass is 1250 g/mol. The number of likely N-dealkylation sites (N-methyl/N-ethyl adjacent to an activating group) is 1. The molecule has 20 nitrogen and oxygen atoms in total. The van der Waals surface area contributed by atoms with Gasteiger partial charge in [-0.25, -0.2) is 28.7 Å². The fraction of sp³-hybridized carbons (Fsp3) is 0.245. The molecule has 8 aromatic rings. The number of fused-ring (bicyclic) bond motifs is 3. The lowest BCUT2D eigenvalue weighted by atomic mass is 10.1. The first-order chi connectivity index (χ1) is 38.2. The number of halogens is 6. The average Bonchev–Trinajstić information content (AvgIpc) is 3.45. The van der Waals surface area contributed by atoms with Crippen LogP contribution in [0.25, 0.3) is 32.3 Å². The van der Waals surface area contributed by atoms with Gasteiger partial charge in [0.15, 0.2) is 5.69 Å². The fourth-order valence-electron chi connectivity index (χ4n) is 6.83.